The van der Waals surface area contributed by atoms with Crippen LogP contribution in [0.3, 0.4) is 0 Å². The van der Waals surface area contributed by atoms with Crippen molar-refractivity contribution in [2.75, 3.05) is 20.3 Å². The molecule has 1 aliphatic heterocycles. The fraction of sp³-hybridized carbons (Fsp3) is 0.238. The minimum absolute atomic E-state index is 0.189. The lowest BCUT2D eigenvalue weighted by Gasteiger charge is -2.28. The van der Waals surface area contributed by atoms with Crippen molar-refractivity contribution in [3.63, 3.8) is 0 Å². The quantitative estimate of drug-likeness (QED) is 0.538. The van der Waals surface area contributed by atoms with Gasteiger partial charge >= 0.3 is 5.97 Å². The standard InChI is InChI=1S/C21H20BrNO4/c1-26-19-8-7-18(22)12-16(19)6-9-21(25)27-14-20(24)23-11-10-15-4-2-3-5-17(15)13-23/h2-9,12H,10-11,13-14H2,1H3/b9-6+. The van der Waals surface area contributed by atoms with E-state index in [1.807, 2.05) is 30.3 Å². The molecule has 0 bridgehead atoms. The molecule has 1 amide bonds. The first-order valence-electron chi connectivity index (χ1n) is 8.60. The molecular weight excluding hydrogens is 410 g/mol. The Morgan fingerprint density at radius 1 is 1.19 bits per heavy atom. The average molecular weight is 430 g/mol. The summed E-state index contributed by atoms with van der Waals surface area (Å²) in [6.07, 6.45) is 3.72. The van der Waals surface area contributed by atoms with Crippen molar-refractivity contribution >= 4 is 33.9 Å². The van der Waals surface area contributed by atoms with Crippen molar-refractivity contribution in [1.29, 1.82) is 0 Å². The summed E-state index contributed by atoms with van der Waals surface area (Å²) in [7, 11) is 1.56. The minimum Gasteiger partial charge on any atom is -0.496 e. The molecule has 0 radical (unpaired) electrons. The maximum Gasteiger partial charge on any atom is 0.331 e. The molecule has 2 aromatic carbocycles. The topological polar surface area (TPSA) is 55.8 Å². The van der Waals surface area contributed by atoms with Crippen LogP contribution in [0.4, 0.5) is 0 Å². The molecule has 140 valence electrons. The summed E-state index contributed by atoms with van der Waals surface area (Å²) in [5.41, 5.74) is 3.15. The van der Waals surface area contributed by atoms with Gasteiger partial charge in [0.05, 0.1) is 7.11 Å². The summed E-state index contributed by atoms with van der Waals surface area (Å²) in [6.45, 7) is 0.928. The summed E-state index contributed by atoms with van der Waals surface area (Å²) < 4.78 is 11.2. The van der Waals surface area contributed by atoms with E-state index in [4.69, 9.17) is 9.47 Å². The van der Waals surface area contributed by atoms with E-state index in [9.17, 15) is 9.59 Å². The van der Waals surface area contributed by atoms with Crippen LogP contribution in [0.25, 0.3) is 6.08 Å². The minimum atomic E-state index is -0.567. The molecule has 0 saturated carbocycles. The van der Waals surface area contributed by atoms with Gasteiger partial charge in [-0.2, -0.15) is 0 Å². The summed E-state index contributed by atoms with van der Waals surface area (Å²) in [6, 6.07) is 13.6. The van der Waals surface area contributed by atoms with Crippen LogP contribution in [0, 0.1) is 0 Å². The van der Waals surface area contributed by atoms with Crippen molar-refractivity contribution in [1.82, 2.24) is 4.90 Å². The average Bonchev–Trinajstić information content (AvgIpc) is 2.70. The highest BCUT2D eigenvalue weighted by Crippen LogP contribution is 2.24. The second kappa shape index (κ2) is 8.86. The summed E-state index contributed by atoms with van der Waals surface area (Å²) in [4.78, 5) is 26.0. The molecule has 0 spiro atoms. The van der Waals surface area contributed by atoms with Gasteiger partial charge in [-0.25, -0.2) is 4.79 Å². The van der Waals surface area contributed by atoms with Gasteiger partial charge in [-0.3, -0.25) is 4.79 Å². The number of amides is 1. The highest BCUT2D eigenvalue weighted by Gasteiger charge is 2.21. The number of benzene rings is 2. The third-order valence-corrected chi connectivity index (χ3v) is 4.91. The number of esters is 1. The van der Waals surface area contributed by atoms with E-state index in [1.165, 1.54) is 11.6 Å². The smallest absolute Gasteiger partial charge is 0.331 e. The number of carbonyl (C=O) groups is 2. The van der Waals surface area contributed by atoms with Crippen LogP contribution in [-0.2, 0) is 27.3 Å². The molecule has 0 saturated heterocycles. The SMILES string of the molecule is COc1ccc(Br)cc1/C=C/C(=O)OCC(=O)N1CCc2ccccc2C1. The first-order valence-corrected chi connectivity index (χ1v) is 9.39. The molecule has 6 heteroatoms. The van der Waals surface area contributed by atoms with E-state index in [-0.39, 0.29) is 12.5 Å². The van der Waals surface area contributed by atoms with E-state index >= 15 is 0 Å². The molecule has 1 heterocycles. The maximum atomic E-state index is 12.3. The van der Waals surface area contributed by atoms with Crippen molar-refractivity contribution < 1.29 is 19.1 Å². The monoisotopic (exact) mass is 429 g/mol. The largest absolute Gasteiger partial charge is 0.496 e. The lowest BCUT2D eigenvalue weighted by molar-refractivity contribution is -0.148. The summed E-state index contributed by atoms with van der Waals surface area (Å²) >= 11 is 3.38. The van der Waals surface area contributed by atoms with E-state index in [1.54, 1.807) is 24.2 Å². The predicted octanol–water partition coefficient (Wildman–Crippen LogP) is 3.60. The van der Waals surface area contributed by atoms with Gasteiger partial charge in [0.1, 0.15) is 5.75 Å². The Hall–Kier alpha value is -2.60. The van der Waals surface area contributed by atoms with Crippen LogP contribution in [0.5, 0.6) is 5.75 Å². The Labute approximate surface area is 166 Å². The Morgan fingerprint density at radius 3 is 2.74 bits per heavy atom. The highest BCUT2D eigenvalue weighted by molar-refractivity contribution is 9.10. The molecule has 27 heavy (non-hydrogen) atoms. The molecule has 0 fully saturated rings. The molecule has 0 aromatic heterocycles. The van der Waals surface area contributed by atoms with Gasteiger partial charge in [-0.05, 0) is 41.8 Å². The molecule has 0 aliphatic carbocycles. The van der Waals surface area contributed by atoms with E-state index < -0.39 is 5.97 Å². The second-order valence-electron chi connectivity index (χ2n) is 6.16. The molecule has 0 unspecified atom stereocenters. The fourth-order valence-corrected chi connectivity index (χ4v) is 3.35. The van der Waals surface area contributed by atoms with Crippen molar-refractivity contribution in [2.45, 2.75) is 13.0 Å². The lowest BCUT2D eigenvalue weighted by atomic mass is 10.00. The first-order chi connectivity index (χ1) is 13.1. The van der Waals surface area contributed by atoms with Gasteiger partial charge in [0, 0.05) is 29.2 Å². The Bertz CT molecular complexity index is 878. The zero-order chi connectivity index (χ0) is 19.2. The normalized spacial score (nSPS) is 13.3. The third kappa shape index (κ3) is 4.98. The van der Waals surface area contributed by atoms with Crippen LogP contribution in [-0.4, -0.2) is 37.0 Å². The number of nitrogens with zero attached hydrogens (tertiary/aromatic N) is 1. The number of fused-ring (bicyclic) bond motifs is 1. The van der Waals surface area contributed by atoms with Crippen molar-refractivity contribution in [2.24, 2.45) is 0 Å². The van der Waals surface area contributed by atoms with Gasteiger partial charge in [-0.1, -0.05) is 40.2 Å². The third-order valence-electron chi connectivity index (χ3n) is 4.41. The van der Waals surface area contributed by atoms with E-state index in [0.717, 1.165) is 22.0 Å². The summed E-state index contributed by atoms with van der Waals surface area (Å²) in [5.74, 6) is -0.112. The van der Waals surface area contributed by atoms with Gasteiger partial charge in [0.25, 0.3) is 5.91 Å². The lowest BCUT2D eigenvalue weighted by Crippen LogP contribution is -2.38. The molecular formula is C21H20BrNO4. The molecule has 0 atom stereocenters. The van der Waals surface area contributed by atoms with E-state index in [2.05, 4.69) is 22.0 Å². The number of hydrogen-bond acceptors (Lipinski definition) is 4. The number of carbonyl (C=O) groups excluding carboxylic acids is 2. The Kier molecular flexibility index (Phi) is 6.29. The van der Waals surface area contributed by atoms with E-state index in [0.29, 0.717) is 18.8 Å². The van der Waals surface area contributed by atoms with Gasteiger partial charge in [0.15, 0.2) is 6.61 Å². The molecule has 3 rings (SSSR count). The maximum absolute atomic E-state index is 12.3. The number of methoxy groups -OCH3 is 1. The number of hydrogen-bond donors (Lipinski definition) is 0. The fourth-order valence-electron chi connectivity index (χ4n) is 2.97. The molecule has 1 aliphatic rings. The predicted molar refractivity (Wildman–Crippen MR) is 106 cm³/mol. The van der Waals surface area contributed by atoms with Gasteiger partial charge in [-0.15, -0.1) is 0 Å². The summed E-state index contributed by atoms with van der Waals surface area (Å²) in [5, 5.41) is 0. The van der Waals surface area contributed by atoms with Crippen molar-refractivity contribution in [3.8, 4) is 5.75 Å². The Morgan fingerprint density at radius 2 is 1.96 bits per heavy atom. The molecule has 5 nitrogen and oxygen atoms in total. The zero-order valence-electron chi connectivity index (χ0n) is 15.0. The number of rotatable bonds is 5. The van der Waals surface area contributed by atoms with Crippen LogP contribution >= 0.6 is 15.9 Å². The van der Waals surface area contributed by atoms with Crippen LogP contribution in [0.2, 0.25) is 0 Å². The van der Waals surface area contributed by atoms with Gasteiger partial charge in [0.2, 0.25) is 0 Å². The van der Waals surface area contributed by atoms with Crippen molar-refractivity contribution in [3.05, 3.63) is 69.7 Å². The zero-order valence-corrected chi connectivity index (χ0v) is 16.6. The molecule has 2 aromatic rings. The van der Waals surface area contributed by atoms with Crippen LogP contribution < -0.4 is 4.74 Å². The number of ether oxygens (including phenoxy) is 2. The van der Waals surface area contributed by atoms with Crippen LogP contribution in [0.15, 0.2) is 53.0 Å². The van der Waals surface area contributed by atoms with Crippen LogP contribution in [0.1, 0.15) is 16.7 Å². The highest BCUT2D eigenvalue weighted by atomic mass is 79.9. The second-order valence-corrected chi connectivity index (χ2v) is 7.08. The Balaban J connectivity index is 1.54. The molecule has 0 N–H and O–H groups in total. The number of halogens is 1. The first kappa shape index (κ1) is 19.2. The van der Waals surface area contributed by atoms with Gasteiger partial charge < -0.3 is 14.4 Å².